The van der Waals surface area contributed by atoms with Gasteiger partial charge in [-0.2, -0.15) is 0 Å². The summed E-state index contributed by atoms with van der Waals surface area (Å²) in [7, 11) is 0. The molecule has 0 aromatic carbocycles. The van der Waals surface area contributed by atoms with E-state index in [1.165, 1.54) is 0 Å². The average molecular weight is 375 g/mol. The predicted octanol–water partition coefficient (Wildman–Crippen LogP) is 3.59. The molecule has 3 heterocycles. The Morgan fingerprint density at radius 1 is 1.46 bits per heavy atom. The first-order valence-electron chi connectivity index (χ1n) is 8.84. The molecular formula is C19H25N3O3S. The molecule has 0 saturated carbocycles. The van der Waals surface area contributed by atoms with E-state index < -0.39 is 0 Å². The molecule has 1 saturated heterocycles. The molecule has 2 aromatic heterocycles. The van der Waals surface area contributed by atoms with E-state index >= 15 is 0 Å². The van der Waals surface area contributed by atoms with Gasteiger partial charge in [0, 0.05) is 23.5 Å². The van der Waals surface area contributed by atoms with Gasteiger partial charge in [-0.05, 0) is 19.1 Å². The highest BCUT2D eigenvalue weighted by Gasteiger charge is 2.29. The van der Waals surface area contributed by atoms with Crippen LogP contribution >= 0.6 is 11.3 Å². The van der Waals surface area contributed by atoms with E-state index in [4.69, 9.17) is 14.5 Å². The number of carbonyl (C=O) groups excluding carboxylic acids is 1. The zero-order chi connectivity index (χ0) is 18.7. The fraction of sp³-hybridized carbons (Fsp3) is 0.526. The standard InChI is InChI=1S/C19H25N3O3S/c1-5-24-18(23)13-7-6-8-20-16(13)22-9-10-25-14(11-22)17-21-15(12-26-17)19(2,3)4/h6-8,12,14H,5,9-11H2,1-4H3. The van der Waals surface area contributed by atoms with E-state index in [1.807, 2.05) is 0 Å². The maximum absolute atomic E-state index is 12.2. The number of hydrogen-bond acceptors (Lipinski definition) is 7. The van der Waals surface area contributed by atoms with Crippen LogP contribution in [0, 0.1) is 0 Å². The van der Waals surface area contributed by atoms with Crippen molar-refractivity contribution in [3.63, 3.8) is 0 Å². The summed E-state index contributed by atoms with van der Waals surface area (Å²) in [4.78, 5) is 23.5. The summed E-state index contributed by atoms with van der Waals surface area (Å²) < 4.78 is 11.1. The van der Waals surface area contributed by atoms with Crippen LogP contribution in [-0.2, 0) is 14.9 Å². The van der Waals surface area contributed by atoms with Crippen LogP contribution in [0.2, 0.25) is 0 Å². The molecule has 1 aliphatic rings. The van der Waals surface area contributed by atoms with Crippen LogP contribution in [0.5, 0.6) is 0 Å². The Morgan fingerprint density at radius 2 is 2.27 bits per heavy atom. The molecule has 1 atom stereocenters. The quantitative estimate of drug-likeness (QED) is 0.761. The lowest BCUT2D eigenvalue weighted by molar-refractivity contribution is 0.0386. The smallest absolute Gasteiger partial charge is 0.341 e. The number of morpholine rings is 1. The number of hydrogen-bond donors (Lipinski definition) is 0. The molecule has 2 aromatic rings. The molecule has 26 heavy (non-hydrogen) atoms. The summed E-state index contributed by atoms with van der Waals surface area (Å²) in [5, 5.41) is 3.07. The minimum atomic E-state index is -0.345. The second-order valence-electron chi connectivity index (χ2n) is 7.22. The third kappa shape index (κ3) is 4.04. The van der Waals surface area contributed by atoms with Crippen LogP contribution in [0.4, 0.5) is 5.82 Å². The number of esters is 1. The molecule has 0 N–H and O–H groups in total. The van der Waals surface area contributed by atoms with Crippen LogP contribution in [0.25, 0.3) is 0 Å². The van der Waals surface area contributed by atoms with Gasteiger partial charge in [-0.15, -0.1) is 11.3 Å². The fourth-order valence-corrected chi connectivity index (χ4v) is 3.87. The largest absolute Gasteiger partial charge is 0.462 e. The SMILES string of the molecule is CCOC(=O)c1cccnc1N1CCOC(c2nc(C(C)(C)C)cs2)C1. The molecule has 0 radical (unpaired) electrons. The molecular weight excluding hydrogens is 350 g/mol. The van der Waals surface area contributed by atoms with Gasteiger partial charge in [-0.25, -0.2) is 14.8 Å². The number of anilines is 1. The highest BCUT2D eigenvalue weighted by atomic mass is 32.1. The van der Waals surface area contributed by atoms with E-state index in [0.29, 0.717) is 37.7 Å². The maximum atomic E-state index is 12.2. The van der Waals surface area contributed by atoms with Gasteiger partial charge in [0.15, 0.2) is 0 Å². The molecule has 0 aliphatic carbocycles. The van der Waals surface area contributed by atoms with E-state index in [0.717, 1.165) is 10.7 Å². The number of nitrogens with zero attached hydrogens (tertiary/aromatic N) is 3. The van der Waals surface area contributed by atoms with E-state index in [9.17, 15) is 4.79 Å². The van der Waals surface area contributed by atoms with Crippen LogP contribution in [0.15, 0.2) is 23.7 Å². The van der Waals surface area contributed by atoms with E-state index in [2.05, 4.69) is 36.0 Å². The minimum absolute atomic E-state index is 0.0150. The van der Waals surface area contributed by atoms with Gasteiger partial charge in [0.1, 0.15) is 22.5 Å². The molecule has 3 rings (SSSR count). The van der Waals surface area contributed by atoms with E-state index in [1.54, 1.807) is 36.6 Å². The molecule has 1 fully saturated rings. The Labute approximate surface area is 158 Å². The van der Waals surface area contributed by atoms with Crippen molar-refractivity contribution in [2.75, 3.05) is 31.2 Å². The summed E-state index contributed by atoms with van der Waals surface area (Å²) in [5.74, 6) is 0.301. The number of rotatable bonds is 4. The average Bonchev–Trinajstić information content (AvgIpc) is 3.13. The van der Waals surface area contributed by atoms with Crippen LogP contribution < -0.4 is 4.90 Å². The number of pyridine rings is 1. The zero-order valence-corrected chi connectivity index (χ0v) is 16.5. The van der Waals surface area contributed by atoms with Crippen molar-refractivity contribution in [2.45, 2.75) is 39.2 Å². The predicted molar refractivity (Wildman–Crippen MR) is 102 cm³/mol. The Kier molecular flexibility index (Phi) is 5.58. The Hall–Kier alpha value is -1.99. The van der Waals surface area contributed by atoms with Crippen LogP contribution in [0.3, 0.4) is 0 Å². The number of carbonyl (C=O) groups is 1. The van der Waals surface area contributed by atoms with Gasteiger partial charge < -0.3 is 14.4 Å². The molecule has 140 valence electrons. The molecule has 7 heteroatoms. The lowest BCUT2D eigenvalue weighted by atomic mass is 9.93. The van der Waals surface area contributed by atoms with Crippen LogP contribution in [-0.4, -0.2) is 42.2 Å². The Morgan fingerprint density at radius 3 is 2.96 bits per heavy atom. The summed E-state index contributed by atoms with van der Waals surface area (Å²) in [5.41, 5.74) is 1.58. The minimum Gasteiger partial charge on any atom is -0.462 e. The van der Waals surface area contributed by atoms with Crippen molar-refractivity contribution < 1.29 is 14.3 Å². The number of thiazole rings is 1. The second kappa shape index (κ2) is 7.72. The highest BCUT2D eigenvalue weighted by Crippen LogP contribution is 2.32. The second-order valence-corrected chi connectivity index (χ2v) is 8.11. The first-order chi connectivity index (χ1) is 12.4. The summed E-state index contributed by atoms with van der Waals surface area (Å²) in [6, 6.07) is 3.51. The van der Waals surface area contributed by atoms with Crippen molar-refractivity contribution in [3.05, 3.63) is 40.0 Å². The molecule has 1 aliphatic heterocycles. The van der Waals surface area contributed by atoms with Crippen LogP contribution in [0.1, 0.15) is 54.9 Å². The van der Waals surface area contributed by atoms with Crippen molar-refractivity contribution in [2.24, 2.45) is 0 Å². The zero-order valence-electron chi connectivity index (χ0n) is 15.7. The van der Waals surface area contributed by atoms with Gasteiger partial charge in [-0.1, -0.05) is 20.8 Å². The first kappa shape index (κ1) is 18.8. The normalized spacial score (nSPS) is 18.0. The first-order valence-corrected chi connectivity index (χ1v) is 9.72. The Bertz CT molecular complexity index is 769. The Balaban J connectivity index is 1.81. The summed E-state index contributed by atoms with van der Waals surface area (Å²) in [6.45, 7) is 10.4. The van der Waals surface area contributed by atoms with Crippen molar-refractivity contribution in [3.8, 4) is 0 Å². The molecule has 0 amide bonds. The fourth-order valence-electron chi connectivity index (χ4n) is 2.79. The van der Waals surface area contributed by atoms with Gasteiger partial charge >= 0.3 is 5.97 Å². The summed E-state index contributed by atoms with van der Waals surface area (Å²) >= 11 is 1.62. The maximum Gasteiger partial charge on any atom is 0.341 e. The topological polar surface area (TPSA) is 64.5 Å². The molecule has 6 nitrogen and oxygen atoms in total. The van der Waals surface area contributed by atoms with Crippen molar-refractivity contribution >= 4 is 23.1 Å². The van der Waals surface area contributed by atoms with Crippen molar-refractivity contribution in [1.29, 1.82) is 0 Å². The van der Waals surface area contributed by atoms with E-state index in [-0.39, 0.29) is 17.5 Å². The molecule has 0 spiro atoms. The van der Waals surface area contributed by atoms with Crippen molar-refractivity contribution in [1.82, 2.24) is 9.97 Å². The van der Waals surface area contributed by atoms with Gasteiger partial charge in [0.25, 0.3) is 0 Å². The number of aromatic nitrogens is 2. The summed E-state index contributed by atoms with van der Waals surface area (Å²) in [6.07, 6.45) is 1.57. The highest BCUT2D eigenvalue weighted by molar-refractivity contribution is 7.09. The van der Waals surface area contributed by atoms with Gasteiger partial charge in [0.05, 0.1) is 25.5 Å². The van der Waals surface area contributed by atoms with Gasteiger partial charge in [0.2, 0.25) is 0 Å². The lowest BCUT2D eigenvalue weighted by Crippen LogP contribution is -2.39. The van der Waals surface area contributed by atoms with Gasteiger partial charge in [-0.3, -0.25) is 0 Å². The third-order valence-electron chi connectivity index (χ3n) is 4.21. The third-order valence-corrected chi connectivity index (χ3v) is 5.15. The lowest BCUT2D eigenvalue weighted by Gasteiger charge is -2.33. The molecule has 1 unspecified atom stereocenters. The molecule has 0 bridgehead atoms. The number of ether oxygens (including phenoxy) is 2. The monoisotopic (exact) mass is 375 g/mol.